The van der Waals surface area contributed by atoms with Crippen molar-refractivity contribution in [2.75, 3.05) is 20.3 Å². The van der Waals surface area contributed by atoms with Crippen LogP contribution in [0.4, 0.5) is 0 Å². The summed E-state index contributed by atoms with van der Waals surface area (Å²) in [7, 11) is 1.62. The monoisotopic (exact) mass is 385 g/mol. The van der Waals surface area contributed by atoms with Gasteiger partial charge >= 0.3 is 5.97 Å². The number of hydrogen-bond acceptors (Lipinski definition) is 6. The highest BCUT2D eigenvalue weighted by Crippen LogP contribution is 2.27. The van der Waals surface area contributed by atoms with Crippen LogP contribution in [0.3, 0.4) is 0 Å². The van der Waals surface area contributed by atoms with Crippen molar-refractivity contribution >= 4 is 17.3 Å². The second kappa shape index (κ2) is 9.05. The van der Waals surface area contributed by atoms with Gasteiger partial charge in [0, 0.05) is 10.9 Å². The first-order chi connectivity index (χ1) is 13.1. The third-order valence-corrected chi connectivity index (χ3v) is 4.59. The van der Waals surface area contributed by atoms with Crippen molar-refractivity contribution in [3.05, 3.63) is 59.6 Å². The molecule has 0 aliphatic heterocycles. The second-order valence-electron chi connectivity index (χ2n) is 5.61. The van der Waals surface area contributed by atoms with E-state index in [4.69, 9.17) is 19.3 Å². The van der Waals surface area contributed by atoms with E-state index in [2.05, 4.69) is 4.98 Å². The summed E-state index contributed by atoms with van der Waals surface area (Å²) in [6, 6.07) is 14.9. The number of rotatable bonds is 9. The molecule has 1 aromatic heterocycles. The van der Waals surface area contributed by atoms with Crippen LogP contribution < -0.4 is 14.2 Å². The van der Waals surface area contributed by atoms with Crippen molar-refractivity contribution in [2.45, 2.75) is 6.42 Å². The molecule has 140 valence electrons. The van der Waals surface area contributed by atoms with Crippen LogP contribution in [0.2, 0.25) is 0 Å². The van der Waals surface area contributed by atoms with Crippen LogP contribution in [0.25, 0.3) is 10.6 Å². The topological polar surface area (TPSA) is 77.9 Å². The fourth-order valence-electron chi connectivity index (χ4n) is 2.39. The van der Waals surface area contributed by atoms with E-state index in [1.165, 1.54) is 11.3 Å². The number of aliphatic carboxylic acids is 1. The summed E-state index contributed by atoms with van der Waals surface area (Å²) in [5.41, 5.74) is 1.45. The third kappa shape index (κ3) is 5.46. The van der Waals surface area contributed by atoms with Gasteiger partial charge in [-0.3, -0.25) is 4.79 Å². The average molecular weight is 385 g/mol. The van der Waals surface area contributed by atoms with Crippen LogP contribution in [-0.4, -0.2) is 36.4 Å². The lowest BCUT2D eigenvalue weighted by molar-refractivity contribution is -0.136. The van der Waals surface area contributed by atoms with Crippen LogP contribution >= 0.6 is 11.3 Å². The standard InChI is InChI=1S/C20H19NO5S/c1-24-16-5-7-17(8-6-16)25-9-10-26-18-4-2-3-14(11-18)20-21-15(13-27-20)12-19(22)23/h2-8,11,13H,9-10,12H2,1H3,(H,22,23). The lowest BCUT2D eigenvalue weighted by atomic mass is 10.2. The summed E-state index contributed by atoms with van der Waals surface area (Å²) in [5.74, 6) is 1.35. The van der Waals surface area contributed by atoms with Crippen LogP contribution in [0, 0.1) is 0 Å². The summed E-state index contributed by atoms with van der Waals surface area (Å²) in [6.07, 6.45) is -0.0740. The molecule has 6 nitrogen and oxygen atoms in total. The number of methoxy groups -OCH3 is 1. The third-order valence-electron chi connectivity index (χ3n) is 3.65. The number of carbonyl (C=O) groups is 1. The maximum atomic E-state index is 10.8. The van der Waals surface area contributed by atoms with Crippen molar-refractivity contribution in [3.8, 4) is 27.8 Å². The Morgan fingerprint density at radius 1 is 1.04 bits per heavy atom. The molecule has 7 heteroatoms. The Morgan fingerprint density at radius 2 is 1.74 bits per heavy atom. The lowest BCUT2D eigenvalue weighted by Crippen LogP contribution is -2.08. The van der Waals surface area contributed by atoms with E-state index in [0.29, 0.717) is 24.7 Å². The minimum absolute atomic E-state index is 0.0740. The first-order valence-corrected chi connectivity index (χ1v) is 9.18. The molecule has 1 heterocycles. The average Bonchev–Trinajstić information content (AvgIpc) is 3.14. The maximum absolute atomic E-state index is 10.8. The highest BCUT2D eigenvalue weighted by Gasteiger charge is 2.08. The fraction of sp³-hybridized carbons (Fsp3) is 0.200. The Hall–Kier alpha value is -3.06. The maximum Gasteiger partial charge on any atom is 0.309 e. The zero-order valence-corrected chi connectivity index (χ0v) is 15.6. The van der Waals surface area contributed by atoms with E-state index in [1.807, 2.05) is 48.5 Å². The summed E-state index contributed by atoms with van der Waals surface area (Å²) < 4.78 is 16.5. The minimum Gasteiger partial charge on any atom is -0.497 e. The van der Waals surface area contributed by atoms with E-state index in [1.54, 1.807) is 12.5 Å². The second-order valence-corrected chi connectivity index (χ2v) is 6.47. The predicted octanol–water partition coefficient (Wildman–Crippen LogP) is 3.90. The summed E-state index contributed by atoms with van der Waals surface area (Å²) >= 11 is 1.42. The highest BCUT2D eigenvalue weighted by molar-refractivity contribution is 7.13. The van der Waals surface area contributed by atoms with Gasteiger partial charge in [0.25, 0.3) is 0 Å². The molecule has 0 radical (unpaired) electrons. The summed E-state index contributed by atoms with van der Waals surface area (Å²) in [4.78, 5) is 15.1. The molecule has 0 fully saturated rings. The van der Waals surface area contributed by atoms with Gasteiger partial charge in [0.15, 0.2) is 0 Å². The van der Waals surface area contributed by atoms with Gasteiger partial charge < -0.3 is 19.3 Å². The highest BCUT2D eigenvalue weighted by atomic mass is 32.1. The molecule has 2 aromatic carbocycles. The van der Waals surface area contributed by atoms with Gasteiger partial charge in [0.05, 0.1) is 19.2 Å². The van der Waals surface area contributed by atoms with Gasteiger partial charge in [0.1, 0.15) is 35.5 Å². The Kier molecular flexibility index (Phi) is 6.27. The Balaban J connectivity index is 1.52. The molecule has 3 rings (SSSR count). The van der Waals surface area contributed by atoms with Gasteiger partial charge in [-0.1, -0.05) is 12.1 Å². The smallest absolute Gasteiger partial charge is 0.309 e. The summed E-state index contributed by atoms with van der Waals surface area (Å²) in [6.45, 7) is 0.814. The largest absolute Gasteiger partial charge is 0.497 e. The molecule has 0 aliphatic rings. The normalized spacial score (nSPS) is 10.4. The van der Waals surface area contributed by atoms with Crippen LogP contribution in [0.1, 0.15) is 5.69 Å². The number of hydrogen-bond donors (Lipinski definition) is 1. The molecular weight excluding hydrogens is 366 g/mol. The van der Waals surface area contributed by atoms with E-state index in [0.717, 1.165) is 22.1 Å². The number of carboxylic acid groups (broad SMARTS) is 1. The zero-order chi connectivity index (χ0) is 19.1. The van der Waals surface area contributed by atoms with Crippen molar-refractivity contribution in [3.63, 3.8) is 0 Å². The molecule has 3 aromatic rings. The minimum atomic E-state index is -0.888. The summed E-state index contributed by atoms with van der Waals surface area (Å²) in [5, 5.41) is 11.4. The quantitative estimate of drug-likeness (QED) is 0.563. The van der Waals surface area contributed by atoms with Crippen LogP contribution in [-0.2, 0) is 11.2 Å². The van der Waals surface area contributed by atoms with Crippen molar-refractivity contribution in [1.29, 1.82) is 0 Å². The van der Waals surface area contributed by atoms with E-state index in [-0.39, 0.29) is 6.42 Å². The molecule has 0 atom stereocenters. The first-order valence-electron chi connectivity index (χ1n) is 8.30. The van der Waals surface area contributed by atoms with Crippen LogP contribution in [0.15, 0.2) is 53.9 Å². The van der Waals surface area contributed by atoms with E-state index < -0.39 is 5.97 Å². The van der Waals surface area contributed by atoms with E-state index in [9.17, 15) is 4.79 Å². The number of benzene rings is 2. The SMILES string of the molecule is COc1ccc(OCCOc2cccc(-c3nc(CC(=O)O)cs3)c2)cc1. The van der Waals surface area contributed by atoms with Crippen molar-refractivity contribution in [1.82, 2.24) is 4.98 Å². The number of ether oxygens (including phenoxy) is 3. The predicted molar refractivity (Wildman–Crippen MR) is 103 cm³/mol. The molecule has 0 amide bonds. The molecule has 0 spiro atoms. The Labute approximate surface area is 161 Å². The Bertz CT molecular complexity index is 891. The zero-order valence-electron chi connectivity index (χ0n) is 14.8. The van der Waals surface area contributed by atoms with Crippen molar-refractivity contribution in [2.24, 2.45) is 0 Å². The molecule has 0 saturated carbocycles. The molecule has 0 unspecified atom stereocenters. The Morgan fingerprint density at radius 3 is 2.44 bits per heavy atom. The van der Waals surface area contributed by atoms with Gasteiger partial charge in [-0.2, -0.15) is 0 Å². The molecule has 1 N–H and O–H groups in total. The van der Waals surface area contributed by atoms with Gasteiger partial charge in [0.2, 0.25) is 0 Å². The van der Waals surface area contributed by atoms with Crippen molar-refractivity contribution < 1.29 is 24.1 Å². The lowest BCUT2D eigenvalue weighted by Gasteiger charge is -2.09. The van der Waals surface area contributed by atoms with Gasteiger partial charge in [-0.15, -0.1) is 11.3 Å². The fourth-order valence-corrected chi connectivity index (χ4v) is 3.20. The number of thiazole rings is 1. The number of nitrogens with zero attached hydrogens (tertiary/aromatic N) is 1. The number of aromatic nitrogens is 1. The van der Waals surface area contributed by atoms with Crippen LogP contribution in [0.5, 0.6) is 17.2 Å². The molecule has 0 bridgehead atoms. The van der Waals surface area contributed by atoms with Gasteiger partial charge in [-0.05, 0) is 36.4 Å². The molecule has 0 saturated heterocycles. The van der Waals surface area contributed by atoms with Gasteiger partial charge in [-0.25, -0.2) is 4.98 Å². The molecular formula is C20H19NO5S. The molecule has 0 aliphatic carbocycles. The molecule has 27 heavy (non-hydrogen) atoms. The first kappa shape index (κ1) is 18.7. The van der Waals surface area contributed by atoms with E-state index >= 15 is 0 Å². The number of carboxylic acids is 1.